The van der Waals surface area contributed by atoms with Crippen LogP contribution < -0.4 is 10.6 Å². The molecule has 1 aromatic heterocycles. The van der Waals surface area contributed by atoms with E-state index in [9.17, 15) is 4.79 Å². The van der Waals surface area contributed by atoms with Crippen molar-refractivity contribution in [3.63, 3.8) is 0 Å². The number of carbonyl (C=O) groups is 1. The van der Waals surface area contributed by atoms with Crippen LogP contribution in [0, 0.1) is 6.92 Å². The normalized spacial score (nSPS) is 22.4. The number of aryl methyl sites for hydroxylation is 1. The number of ether oxygens (including phenoxy) is 1. The zero-order valence-corrected chi connectivity index (χ0v) is 16.3. The van der Waals surface area contributed by atoms with Gasteiger partial charge in [0.1, 0.15) is 16.4 Å². The highest BCUT2D eigenvalue weighted by molar-refractivity contribution is 7.99. The van der Waals surface area contributed by atoms with Crippen molar-refractivity contribution in [1.82, 2.24) is 14.9 Å². The van der Waals surface area contributed by atoms with E-state index in [1.54, 1.807) is 23.7 Å². The van der Waals surface area contributed by atoms with Crippen LogP contribution in [-0.2, 0) is 4.74 Å². The second-order valence-corrected chi connectivity index (χ2v) is 8.36. The molecule has 8 heteroatoms. The fourth-order valence-electron chi connectivity index (χ4n) is 3.67. The molecule has 2 N–H and O–H groups in total. The highest BCUT2D eigenvalue weighted by Gasteiger charge is 2.46. The number of likely N-dealkylation sites (N-methyl/N-ethyl adjacent to an activating group) is 1. The van der Waals surface area contributed by atoms with Gasteiger partial charge in [-0.25, -0.2) is 9.78 Å². The summed E-state index contributed by atoms with van der Waals surface area (Å²) in [5, 5.41) is 0.807. The molecule has 1 spiro atoms. The second kappa shape index (κ2) is 6.92. The average Bonchev–Trinajstić information content (AvgIpc) is 2.89. The Morgan fingerprint density at radius 3 is 2.70 bits per heavy atom. The predicted octanol–water partition coefficient (Wildman–Crippen LogP) is 2.94. The Hall–Kier alpha value is -2.48. The van der Waals surface area contributed by atoms with Crippen molar-refractivity contribution in [2.24, 2.45) is 0 Å². The monoisotopic (exact) mass is 385 g/mol. The van der Waals surface area contributed by atoms with Gasteiger partial charge in [0.05, 0.1) is 13.1 Å². The topological polar surface area (TPSA) is 84.6 Å². The number of nitrogens with zero attached hydrogens (tertiary/aromatic N) is 4. The fourth-order valence-corrected chi connectivity index (χ4v) is 4.49. The molecule has 0 saturated carbocycles. The third kappa shape index (κ3) is 3.80. The second-order valence-electron chi connectivity index (χ2n) is 7.27. The van der Waals surface area contributed by atoms with Gasteiger partial charge in [-0.3, -0.25) is 0 Å². The van der Waals surface area contributed by atoms with E-state index in [0.717, 1.165) is 35.1 Å². The number of benzene rings is 1. The number of nitrogens with two attached hydrogens (primary N) is 1. The molecule has 1 aromatic carbocycles. The predicted molar refractivity (Wildman–Crippen MR) is 105 cm³/mol. The number of rotatable bonds is 3. The molecule has 0 aliphatic carbocycles. The van der Waals surface area contributed by atoms with Gasteiger partial charge in [-0.05, 0) is 31.9 Å². The van der Waals surface area contributed by atoms with Crippen molar-refractivity contribution >= 4 is 29.6 Å². The van der Waals surface area contributed by atoms with Crippen molar-refractivity contribution in [3.05, 3.63) is 35.9 Å². The molecule has 3 heterocycles. The molecule has 142 valence electrons. The maximum Gasteiger partial charge on any atom is 0.410 e. The molecule has 7 nitrogen and oxygen atoms in total. The number of aromatic nitrogens is 2. The van der Waals surface area contributed by atoms with Gasteiger partial charge in [0.25, 0.3) is 0 Å². The zero-order valence-electron chi connectivity index (χ0n) is 15.5. The van der Waals surface area contributed by atoms with Gasteiger partial charge < -0.3 is 20.3 Å². The van der Waals surface area contributed by atoms with Crippen LogP contribution in [0.25, 0.3) is 0 Å². The summed E-state index contributed by atoms with van der Waals surface area (Å²) in [5.74, 6) is 1.03. The van der Waals surface area contributed by atoms with E-state index in [0.29, 0.717) is 13.1 Å². The molecular formula is C19H23N5O2S. The molecule has 2 aliphatic heterocycles. The Kier molecular flexibility index (Phi) is 4.59. The first kappa shape index (κ1) is 17.9. The fraction of sp³-hybridized carbons (Fsp3) is 0.421. The van der Waals surface area contributed by atoms with Crippen molar-refractivity contribution in [2.75, 3.05) is 37.3 Å². The molecule has 2 aromatic rings. The average molecular weight is 385 g/mol. The van der Waals surface area contributed by atoms with Gasteiger partial charge in [0, 0.05) is 24.6 Å². The summed E-state index contributed by atoms with van der Waals surface area (Å²) in [5.41, 5.74) is 6.73. The maximum absolute atomic E-state index is 11.9. The molecule has 2 saturated heterocycles. The third-order valence-corrected chi connectivity index (χ3v) is 5.88. The standard InChI is InChI=1S/C19H23N5O2S/c1-13-4-6-14(7-5-13)27-16-10-15(21-17(20)22-16)24-9-3-8-19(12-24)11-23(2)18(25)26-19/h4-7,10H,3,8-9,11-12H2,1-2H3,(H2,20,21,22)/t19-/m0/s1. The minimum atomic E-state index is -0.464. The van der Waals surface area contributed by atoms with Gasteiger partial charge >= 0.3 is 6.09 Å². The Balaban J connectivity index is 1.55. The molecule has 0 unspecified atom stereocenters. The van der Waals surface area contributed by atoms with E-state index in [2.05, 4.69) is 46.1 Å². The summed E-state index contributed by atoms with van der Waals surface area (Å²) >= 11 is 1.56. The van der Waals surface area contributed by atoms with Crippen LogP contribution >= 0.6 is 11.8 Å². The third-order valence-electron chi connectivity index (χ3n) is 4.95. The van der Waals surface area contributed by atoms with Gasteiger partial charge in [-0.15, -0.1) is 0 Å². The quantitative estimate of drug-likeness (QED) is 0.813. The molecule has 1 amide bonds. The molecule has 1 atom stereocenters. The van der Waals surface area contributed by atoms with E-state index in [1.807, 2.05) is 6.07 Å². The van der Waals surface area contributed by atoms with Crippen molar-refractivity contribution in [3.8, 4) is 0 Å². The number of hydrogen-bond acceptors (Lipinski definition) is 7. The molecular weight excluding hydrogens is 362 g/mol. The van der Waals surface area contributed by atoms with Crippen LogP contribution in [0.3, 0.4) is 0 Å². The van der Waals surface area contributed by atoms with Crippen molar-refractivity contribution in [2.45, 2.75) is 35.3 Å². The minimum absolute atomic E-state index is 0.252. The molecule has 2 aliphatic rings. The first-order valence-corrected chi connectivity index (χ1v) is 9.82. The van der Waals surface area contributed by atoms with E-state index < -0.39 is 5.60 Å². The highest BCUT2D eigenvalue weighted by Crippen LogP contribution is 2.35. The van der Waals surface area contributed by atoms with Crippen molar-refractivity contribution in [1.29, 1.82) is 0 Å². The largest absolute Gasteiger partial charge is 0.439 e. The van der Waals surface area contributed by atoms with Gasteiger partial charge in [0.15, 0.2) is 0 Å². The van der Waals surface area contributed by atoms with Crippen LogP contribution in [0.1, 0.15) is 18.4 Å². The minimum Gasteiger partial charge on any atom is -0.439 e. The Morgan fingerprint density at radius 2 is 2.00 bits per heavy atom. The number of carbonyl (C=O) groups excluding carboxylic acids is 1. The van der Waals surface area contributed by atoms with Crippen LogP contribution in [-0.4, -0.2) is 53.2 Å². The smallest absolute Gasteiger partial charge is 0.410 e. The van der Waals surface area contributed by atoms with Gasteiger partial charge in [-0.2, -0.15) is 4.98 Å². The first-order valence-electron chi connectivity index (χ1n) is 9.01. The zero-order chi connectivity index (χ0) is 19.0. The number of piperidine rings is 1. The molecule has 4 rings (SSSR count). The van der Waals surface area contributed by atoms with E-state index in [1.165, 1.54) is 5.56 Å². The Labute approximate surface area is 162 Å². The van der Waals surface area contributed by atoms with Crippen LogP contribution in [0.15, 0.2) is 40.3 Å². The maximum atomic E-state index is 11.9. The lowest BCUT2D eigenvalue weighted by molar-refractivity contribution is 0.0445. The molecule has 0 radical (unpaired) electrons. The van der Waals surface area contributed by atoms with E-state index in [4.69, 9.17) is 10.5 Å². The van der Waals surface area contributed by atoms with Gasteiger partial charge in [0.2, 0.25) is 5.95 Å². The number of nitrogen functional groups attached to an aromatic ring is 1. The highest BCUT2D eigenvalue weighted by atomic mass is 32.2. The van der Waals surface area contributed by atoms with Crippen LogP contribution in [0.5, 0.6) is 0 Å². The molecule has 27 heavy (non-hydrogen) atoms. The molecule has 2 fully saturated rings. The summed E-state index contributed by atoms with van der Waals surface area (Å²) < 4.78 is 5.69. The Morgan fingerprint density at radius 1 is 1.22 bits per heavy atom. The summed E-state index contributed by atoms with van der Waals surface area (Å²) in [4.78, 5) is 25.5. The van der Waals surface area contributed by atoms with E-state index in [-0.39, 0.29) is 12.0 Å². The SMILES string of the molecule is Cc1ccc(Sc2cc(N3CCC[C@]4(CN(C)C(=O)O4)C3)nc(N)n2)cc1. The molecule has 0 bridgehead atoms. The first-order chi connectivity index (χ1) is 12.9. The summed E-state index contributed by atoms with van der Waals surface area (Å²) in [6.07, 6.45) is 1.55. The summed E-state index contributed by atoms with van der Waals surface area (Å²) in [6.45, 7) is 4.14. The summed E-state index contributed by atoms with van der Waals surface area (Å²) in [7, 11) is 1.77. The lowest BCUT2D eigenvalue weighted by Crippen LogP contribution is -2.51. The van der Waals surface area contributed by atoms with Crippen LogP contribution in [0.2, 0.25) is 0 Å². The number of anilines is 2. The lowest BCUT2D eigenvalue weighted by atomic mass is 9.93. The summed E-state index contributed by atoms with van der Waals surface area (Å²) in [6, 6.07) is 10.3. The van der Waals surface area contributed by atoms with Crippen LogP contribution in [0.4, 0.5) is 16.6 Å². The van der Waals surface area contributed by atoms with E-state index >= 15 is 0 Å². The number of hydrogen-bond donors (Lipinski definition) is 1. The lowest BCUT2D eigenvalue weighted by Gasteiger charge is -2.39. The number of amides is 1. The van der Waals surface area contributed by atoms with Gasteiger partial charge in [-0.1, -0.05) is 29.5 Å². The van der Waals surface area contributed by atoms with Crippen molar-refractivity contribution < 1.29 is 9.53 Å². The Bertz CT molecular complexity index is 860.